The number of carbonyl (C=O) groups is 3. The van der Waals surface area contributed by atoms with Crippen LogP contribution in [0.25, 0.3) is 11.1 Å². The number of aromatic nitrogens is 4. The Morgan fingerprint density at radius 3 is 1.64 bits per heavy atom. The van der Waals surface area contributed by atoms with Gasteiger partial charge < -0.3 is 29.6 Å². The maximum atomic E-state index is 13.7. The second kappa shape index (κ2) is 15.6. The van der Waals surface area contributed by atoms with Crippen LogP contribution in [0, 0.1) is 5.41 Å². The summed E-state index contributed by atoms with van der Waals surface area (Å²) in [7, 11) is 3.74. The van der Waals surface area contributed by atoms with E-state index in [9.17, 15) is 19.5 Å². The predicted molar refractivity (Wildman–Crippen MR) is 214 cm³/mol. The molecular weight excluding hydrogens is 755 g/mol. The Morgan fingerprint density at radius 2 is 1.20 bits per heavy atom. The first-order chi connectivity index (χ1) is 26.9. The zero-order valence-electron chi connectivity index (χ0n) is 32.0. The Labute approximate surface area is 336 Å². The highest BCUT2D eigenvalue weighted by atomic mass is 35.5. The number of carboxylic acids is 1. The van der Waals surface area contributed by atoms with Crippen LogP contribution < -0.4 is 10.6 Å². The van der Waals surface area contributed by atoms with Gasteiger partial charge >= 0.3 is 5.97 Å². The molecule has 0 radical (unpaired) electrons. The number of carbonyl (C=O) groups excluding carboxylic acids is 2. The van der Waals surface area contributed by atoms with Crippen molar-refractivity contribution < 1.29 is 24.2 Å². The molecule has 5 heterocycles. The average molecular weight is 804 g/mol. The van der Waals surface area contributed by atoms with Gasteiger partial charge in [-0.05, 0) is 57.6 Å². The summed E-state index contributed by atoms with van der Waals surface area (Å²) < 4.78 is 9.29. The van der Waals surface area contributed by atoms with Crippen LogP contribution in [0.5, 0.6) is 0 Å². The predicted octanol–water partition coefficient (Wildman–Crippen LogP) is 6.56. The zero-order chi connectivity index (χ0) is 39.3. The smallest absolute Gasteiger partial charge is 0.309 e. The first-order valence-corrected chi connectivity index (χ1v) is 20.3. The van der Waals surface area contributed by atoms with Crippen LogP contribution in [0.1, 0.15) is 89.5 Å². The lowest BCUT2D eigenvalue weighted by Gasteiger charge is -2.41. The van der Waals surface area contributed by atoms with Crippen LogP contribution in [-0.2, 0) is 49.6 Å². The van der Waals surface area contributed by atoms with E-state index >= 15 is 0 Å². The molecule has 13 nitrogen and oxygen atoms in total. The number of anilines is 2. The minimum Gasteiger partial charge on any atom is -0.481 e. The van der Waals surface area contributed by atoms with Crippen LogP contribution in [-0.4, -0.2) is 90.2 Å². The van der Waals surface area contributed by atoms with Gasteiger partial charge in [-0.3, -0.25) is 24.2 Å². The monoisotopic (exact) mass is 802 g/mol. The van der Waals surface area contributed by atoms with Gasteiger partial charge in [-0.25, -0.2) is 9.97 Å². The minimum atomic E-state index is -0.722. The molecule has 2 aromatic carbocycles. The summed E-state index contributed by atoms with van der Waals surface area (Å²) >= 11 is 14.0. The summed E-state index contributed by atoms with van der Waals surface area (Å²) in [6.07, 6.45) is 6.55. The Morgan fingerprint density at radius 1 is 0.750 bits per heavy atom. The molecule has 1 aliphatic carbocycles. The number of hydrogen-bond acceptors (Lipinski definition) is 8. The number of aliphatic carboxylic acids is 1. The molecule has 0 unspecified atom stereocenters. The van der Waals surface area contributed by atoms with E-state index in [4.69, 9.17) is 37.9 Å². The molecule has 0 bridgehead atoms. The van der Waals surface area contributed by atoms with Gasteiger partial charge in [0.15, 0.2) is 11.6 Å². The Hall–Kier alpha value is -4.27. The molecule has 296 valence electrons. The number of nitrogens with one attached hydrogen (secondary N) is 2. The second-order valence-corrected chi connectivity index (χ2v) is 16.7. The lowest BCUT2D eigenvalue weighted by atomic mass is 9.73. The molecule has 3 aliphatic heterocycles. The summed E-state index contributed by atoms with van der Waals surface area (Å²) in [5.41, 5.74) is 5.23. The molecule has 8 rings (SSSR count). The minimum absolute atomic E-state index is 0.287. The first kappa shape index (κ1) is 38.6. The number of rotatable bonds is 8. The number of carboxylic acid groups (broad SMARTS) is 1. The number of hydrogen-bond donors (Lipinski definition) is 3. The van der Waals surface area contributed by atoms with Gasteiger partial charge in [0, 0.05) is 101 Å². The number of halogens is 2. The highest BCUT2D eigenvalue weighted by Crippen LogP contribution is 2.41. The Kier molecular flexibility index (Phi) is 10.7. The van der Waals surface area contributed by atoms with Crippen LogP contribution in [0.3, 0.4) is 0 Å². The topological polar surface area (TPSA) is 147 Å². The molecule has 4 aliphatic rings. The third-order valence-corrected chi connectivity index (χ3v) is 13.4. The number of benzene rings is 2. The lowest BCUT2D eigenvalue weighted by molar-refractivity contribution is -0.150. The van der Waals surface area contributed by atoms with Crippen LogP contribution >= 0.6 is 23.2 Å². The van der Waals surface area contributed by atoms with Gasteiger partial charge in [0.1, 0.15) is 0 Å². The van der Waals surface area contributed by atoms with Crippen molar-refractivity contribution in [1.82, 2.24) is 28.9 Å². The first-order valence-electron chi connectivity index (χ1n) is 19.5. The van der Waals surface area contributed by atoms with Gasteiger partial charge in [0.05, 0.1) is 38.2 Å². The average Bonchev–Trinajstić information content (AvgIpc) is 3.72. The SMILES string of the molecule is Cn1c(C(=O)Nc2cccc(-c3cccc(NC(=O)c4nc5c(n4C)CCN(C4CCC(C)(C(=O)O)CC4)C5)c3Cl)c2Cl)nc2c1CCN(C1CCOCC1)C2. The Balaban J connectivity index is 0.952. The fourth-order valence-electron chi connectivity index (χ4n) is 9.02. The van der Waals surface area contributed by atoms with Crippen molar-refractivity contribution in [2.45, 2.75) is 83.5 Å². The molecule has 4 aromatic rings. The summed E-state index contributed by atoms with van der Waals surface area (Å²) in [5, 5.41) is 16.2. The fourth-order valence-corrected chi connectivity index (χ4v) is 9.57. The molecule has 15 heteroatoms. The van der Waals surface area contributed by atoms with Gasteiger partial charge in [-0.1, -0.05) is 47.5 Å². The standard InChI is InChI=1S/C41H48Cl2N8O5/c1-41(40(54)55)16-10-24(11-17-41)50-18-12-32-30(22-50)44-36(48(32)2)38(52)46-28-8-4-6-26(34(28)42)27-7-5-9-29(35(27)43)47-39(53)37-45-31-23-51(19-13-33(31)49(37)3)25-14-20-56-21-15-25/h4-9,24-25H,10-23H2,1-3H3,(H,46,52)(H,47,53)(H,54,55). The van der Waals surface area contributed by atoms with E-state index in [2.05, 4.69) is 20.4 Å². The maximum Gasteiger partial charge on any atom is 0.309 e. The number of nitrogens with zero attached hydrogens (tertiary/aromatic N) is 6. The van der Waals surface area contributed by atoms with E-state index in [1.807, 2.05) is 42.3 Å². The summed E-state index contributed by atoms with van der Waals surface area (Å²) in [6, 6.07) is 11.5. The normalized spacial score (nSPS) is 22.0. The third kappa shape index (κ3) is 7.24. The molecule has 0 atom stereocenters. The molecule has 2 aromatic heterocycles. The summed E-state index contributed by atoms with van der Waals surface area (Å²) in [6.45, 7) is 6.48. The van der Waals surface area contributed by atoms with Crippen molar-refractivity contribution in [3.8, 4) is 11.1 Å². The van der Waals surface area contributed by atoms with Crippen molar-refractivity contribution in [2.24, 2.45) is 19.5 Å². The maximum absolute atomic E-state index is 13.7. The lowest BCUT2D eigenvalue weighted by Crippen LogP contribution is -2.44. The quantitative estimate of drug-likeness (QED) is 0.180. The van der Waals surface area contributed by atoms with E-state index in [1.165, 1.54) is 0 Å². The van der Waals surface area contributed by atoms with Crippen molar-refractivity contribution in [2.75, 3.05) is 36.9 Å². The van der Waals surface area contributed by atoms with Gasteiger partial charge in [-0.15, -0.1) is 0 Å². The van der Waals surface area contributed by atoms with Crippen molar-refractivity contribution in [3.05, 3.63) is 80.9 Å². The molecule has 0 spiro atoms. The highest BCUT2D eigenvalue weighted by Gasteiger charge is 2.40. The molecule has 3 N–H and O–H groups in total. The Bertz CT molecular complexity index is 2190. The molecule has 56 heavy (non-hydrogen) atoms. The van der Waals surface area contributed by atoms with E-state index in [-0.39, 0.29) is 17.6 Å². The van der Waals surface area contributed by atoms with E-state index in [1.54, 1.807) is 24.3 Å². The zero-order valence-corrected chi connectivity index (χ0v) is 33.5. The summed E-state index contributed by atoms with van der Waals surface area (Å²) in [4.78, 5) is 53.6. The number of amides is 2. The van der Waals surface area contributed by atoms with Crippen LogP contribution in [0.2, 0.25) is 10.0 Å². The number of imidazole rings is 2. The van der Waals surface area contributed by atoms with E-state index in [0.29, 0.717) is 76.4 Å². The molecule has 1 saturated heterocycles. The highest BCUT2D eigenvalue weighted by molar-refractivity contribution is 6.40. The number of fused-ring (bicyclic) bond motifs is 2. The van der Waals surface area contributed by atoms with E-state index in [0.717, 1.165) is 87.6 Å². The molecular formula is C41H48Cl2N8O5. The van der Waals surface area contributed by atoms with Gasteiger partial charge in [-0.2, -0.15) is 0 Å². The van der Waals surface area contributed by atoms with Crippen LogP contribution in [0.4, 0.5) is 11.4 Å². The van der Waals surface area contributed by atoms with Crippen LogP contribution in [0.15, 0.2) is 36.4 Å². The molecule has 2 fully saturated rings. The number of ether oxygens (including phenoxy) is 1. The van der Waals surface area contributed by atoms with Gasteiger partial charge in [0.25, 0.3) is 11.8 Å². The fraction of sp³-hybridized carbons (Fsp3) is 0.488. The van der Waals surface area contributed by atoms with E-state index < -0.39 is 11.4 Å². The third-order valence-electron chi connectivity index (χ3n) is 12.6. The largest absolute Gasteiger partial charge is 0.481 e. The van der Waals surface area contributed by atoms with Crippen molar-refractivity contribution in [3.63, 3.8) is 0 Å². The van der Waals surface area contributed by atoms with Gasteiger partial charge in [0.2, 0.25) is 0 Å². The second-order valence-electron chi connectivity index (χ2n) is 15.9. The molecule has 2 amide bonds. The summed E-state index contributed by atoms with van der Waals surface area (Å²) in [5.74, 6) is -0.848. The molecule has 1 saturated carbocycles. The van der Waals surface area contributed by atoms with Crippen molar-refractivity contribution >= 4 is 52.4 Å². The van der Waals surface area contributed by atoms with Crippen molar-refractivity contribution in [1.29, 1.82) is 0 Å².